The molecule has 0 aromatic heterocycles. The second-order valence-electron chi connectivity index (χ2n) is 5.50. The van der Waals surface area contributed by atoms with Crippen LogP contribution in [-0.4, -0.2) is 24.5 Å². The molecule has 25 heavy (non-hydrogen) atoms. The molecule has 0 bridgehead atoms. The molecule has 3 rings (SSSR count). The van der Waals surface area contributed by atoms with E-state index in [2.05, 4.69) is 16.0 Å². The van der Waals surface area contributed by atoms with E-state index in [0.29, 0.717) is 32.9 Å². The summed E-state index contributed by atoms with van der Waals surface area (Å²) in [5, 5.41) is 9.46. The molecule has 0 saturated heterocycles. The lowest BCUT2D eigenvalue weighted by Crippen LogP contribution is -2.33. The van der Waals surface area contributed by atoms with E-state index in [4.69, 9.17) is 27.9 Å². The van der Waals surface area contributed by atoms with Crippen LogP contribution in [0.5, 0.6) is 5.75 Å². The van der Waals surface area contributed by atoms with Crippen LogP contribution in [0.2, 0.25) is 10.0 Å². The average molecular weight is 380 g/mol. The third-order valence-electron chi connectivity index (χ3n) is 3.59. The summed E-state index contributed by atoms with van der Waals surface area (Å²) in [5.74, 6) is -0.0736. The van der Waals surface area contributed by atoms with Crippen molar-refractivity contribution in [2.75, 3.05) is 22.6 Å². The Kier molecular flexibility index (Phi) is 5.01. The monoisotopic (exact) mass is 379 g/mol. The van der Waals surface area contributed by atoms with Crippen molar-refractivity contribution in [3.8, 4) is 5.75 Å². The molecule has 0 radical (unpaired) electrons. The van der Waals surface area contributed by atoms with E-state index in [1.165, 1.54) is 0 Å². The van der Waals surface area contributed by atoms with Crippen molar-refractivity contribution in [2.24, 2.45) is 0 Å². The SMILES string of the molecule is CC(Nc1ccc(Cl)cc1Cl)C(=O)Nc1cccc2c1OCC(=O)N2. The average Bonchev–Trinajstić information content (AvgIpc) is 2.57. The fourth-order valence-electron chi connectivity index (χ4n) is 2.36. The highest BCUT2D eigenvalue weighted by molar-refractivity contribution is 6.36. The molecule has 0 spiro atoms. The molecule has 8 heteroatoms. The van der Waals surface area contributed by atoms with Gasteiger partial charge in [0, 0.05) is 5.02 Å². The summed E-state index contributed by atoms with van der Waals surface area (Å²) in [4.78, 5) is 23.8. The maximum absolute atomic E-state index is 12.5. The number of para-hydroxylation sites is 1. The molecule has 0 fully saturated rings. The van der Waals surface area contributed by atoms with E-state index < -0.39 is 6.04 Å². The fraction of sp³-hybridized carbons (Fsp3) is 0.176. The smallest absolute Gasteiger partial charge is 0.262 e. The largest absolute Gasteiger partial charge is 0.479 e. The molecular weight excluding hydrogens is 365 g/mol. The molecule has 1 unspecified atom stereocenters. The van der Waals surface area contributed by atoms with E-state index in [9.17, 15) is 9.59 Å². The molecule has 0 aliphatic carbocycles. The van der Waals surface area contributed by atoms with Gasteiger partial charge in [-0.2, -0.15) is 0 Å². The molecule has 1 atom stereocenters. The first kappa shape index (κ1) is 17.4. The highest BCUT2D eigenvalue weighted by Gasteiger charge is 2.21. The van der Waals surface area contributed by atoms with Crippen molar-refractivity contribution in [3.05, 3.63) is 46.4 Å². The normalized spacial score (nSPS) is 14.0. The van der Waals surface area contributed by atoms with Crippen molar-refractivity contribution >= 4 is 52.1 Å². The standard InChI is InChI=1S/C17H15Cl2N3O3/c1-9(20-12-6-5-10(18)7-11(12)19)17(24)22-14-4-2-3-13-16(14)25-8-15(23)21-13/h2-7,9,20H,8H2,1H3,(H,21,23)(H,22,24). The maximum atomic E-state index is 12.5. The number of nitrogens with one attached hydrogen (secondary N) is 3. The molecule has 1 heterocycles. The van der Waals surface area contributed by atoms with Crippen LogP contribution < -0.4 is 20.7 Å². The van der Waals surface area contributed by atoms with Crippen LogP contribution in [0, 0.1) is 0 Å². The third kappa shape index (κ3) is 3.97. The van der Waals surface area contributed by atoms with Gasteiger partial charge in [0.15, 0.2) is 12.4 Å². The Hall–Kier alpha value is -2.44. The predicted molar refractivity (Wildman–Crippen MR) is 98.7 cm³/mol. The second-order valence-corrected chi connectivity index (χ2v) is 6.34. The molecule has 1 aliphatic heterocycles. The van der Waals surface area contributed by atoms with Crippen LogP contribution in [-0.2, 0) is 9.59 Å². The molecule has 2 aromatic rings. The lowest BCUT2D eigenvalue weighted by Gasteiger charge is -2.22. The number of benzene rings is 2. The number of halogens is 2. The Labute approximate surface area is 154 Å². The zero-order valence-electron chi connectivity index (χ0n) is 13.2. The van der Waals surface area contributed by atoms with Gasteiger partial charge >= 0.3 is 0 Å². The number of rotatable bonds is 4. The van der Waals surface area contributed by atoms with Gasteiger partial charge in [0.05, 0.1) is 22.1 Å². The molecule has 6 nitrogen and oxygen atoms in total. The molecule has 0 saturated carbocycles. The summed E-state index contributed by atoms with van der Waals surface area (Å²) in [6.07, 6.45) is 0. The first-order chi connectivity index (χ1) is 11.9. The minimum Gasteiger partial charge on any atom is -0.479 e. The minimum absolute atomic E-state index is 0.0892. The van der Waals surface area contributed by atoms with Crippen molar-refractivity contribution in [3.63, 3.8) is 0 Å². The number of anilines is 3. The molecule has 2 amide bonds. The number of carbonyl (C=O) groups is 2. The summed E-state index contributed by atoms with van der Waals surface area (Å²) >= 11 is 12.0. The van der Waals surface area contributed by atoms with Crippen LogP contribution >= 0.6 is 23.2 Å². The fourth-order valence-corrected chi connectivity index (χ4v) is 2.82. The summed E-state index contributed by atoms with van der Waals surface area (Å²) in [6.45, 7) is 1.62. The first-order valence-corrected chi connectivity index (χ1v) is 8.28. The Bertz CT molecular complexity index is 842. The van der Waals surface area contributed by atoms with Crippen LogP contribution in [0.4, 0.5) is 17.1 Å². The van der Waals surface area contributed by atoms with Gasteiger partial charge in [0.25, 0.3) is 5.91 Å². The first-order valence-electron chi connectivity index (χ1n) is 7.52. The lowest BCUT2D eigenvalue weighted by molar-refractivity contribution is -0.118. The molecule has 1 aliphatic rings. The Morgan fingerprint density at radius 3 is 2.80 bits per heavy atom. The van der Waals surface area contributed by atoms with Crippen molar-refractivity contribution < 1.29 is 14.3 Å². The number of ether oxygens (including phenoxy) is 1. The highest BCUT2D eigenvalue weighted by atomic mass is 35.5. The maximum Gasteiger partial charge on any atom is 0.262 e. The van der Waals surface area contributed by atoms with Crippen LogP contribution in [0.3, 0.4) is 0 Å². The quantitative estimate of drug-likeness (QED) is 0.755. The number of hydrogen-bond donors (Lipinski definition) is 3. The Morgan fingerprint density at radius 1 is 1.24 bits per heavy atom. The van der Waals surface area contributed by atoms with E-state index in [0.717, 1.165) is 0 Å². The zero-order chi connectivity index (χ0) is 18.0. The summed E-state index contributed by atoms with van der Waals surface area (Å²) in [7, 11) is 0. The molecule has 3 N–H and O–H groups in total. The van der Waals surface area contributed by atoms with E-state index in [-0.39, 0.29) is 18.4 Å². The van der Waals surface area contributed by atoms with Gasteiger partial charge in [0.2, 0.25) is 5.91 Å². The Morgan fingerprint density at radius 2 is 2.04 bits per heavy atom. The van der Waals surface area contributed by atoms with Gasteiger partial charge in [-0.25, -0.2) is 0 Å². The van der Waals surface area contributed by atoms with Gasteiger partial charge < -0.3 is 20.7 Å². The predicted octanol–water partition coefficient (Wildman–Crippen LogP) is 3.76. The topological polar surface area (TPSA) is 79.5 Å². The molecule has 2 aromatic carbocycles. The van der Waals surface area contributed by atoms with Crippen molar-refractivity contribution in [1.82, 2.24) is 0 Å². The number of carbonyl (C=O) groups excluding carboxylic acids is 2. The second kappa shape index (κ2) is 7.21. The van der Waals surface area contributed by atoms with Crippen molar-refractivity contribution in [2.45, 2.75) is 13.0 Å². The summed E-state index contributed by atoms with van der Waals surface area (Å²) < 4.78 is 5.42. The minimum atomic E-state index is -0.562. The van der Waals surface area contributed by atoms with Crippen LogP contribution in [0.25, 0.3) is 0 Å². The van der Waals surface area contributed by atoms with Crippen LogP contribution in [0.1, 0.15) is 6.92 Å². The van der Waals surface area contributed by atoms with Crippen molar-refractivity contribution in [1.29, 1.82) is 0 Å². The van der Waals surface area contributed by atoms with E-state index >= 15 is 0 Å². The van der Waals surface area contributed by atoms with E-state index in [1.807, 2.05) is 0 Å². The van der Waals surface area contributed by atoms with Gasteiger partial charge in [-0.15, -0.1) is 0 Å². The zero-order valence-corrected chi connectivity index (χ0v) is 14.7. The van der Waals surface area contributed by atoms with Gasteiger partial charge in [0.1, 0.15) is 6.04 Å². The van der Waals surface area contributed by atoms with Gasteiger partial charge in [-0.3, -0.25) is 9.59 Å². The third-order valence-corrected chi connectivity index (χ3v) is 4.14. The number of amides is 2. The number of hydrogen-bond acceptors (Lipinski definition) is 4. The van der Waals surface area contributed by atoms with Gasteiger partial charge in [-0.05, 0) is 37.3 Å². The van der Waals surface area contributed by atoms with Gasteiger partial charge in [-0.1, -0.05) is 29.3 Å². The highest BCUT2D eigenvalue weighted by Crippen LogP contribution is 2.35. The summed E-state index contributed by atoms with van der Waals surface area (Å²) in [5.41, 5.74) is 1.61. The lowest BCUT2D eigenvalue weighted by atomic mass is 10.2. The Balaban J connectivity index is 1.72. The molecule has 130 valence electrons. The van der Waals surface area contributed by atoms with E-state index in [1.54, 1.807) is 43.3 Å². The number of fused-ring (bicyclic) bond motifs is 1. The van der Waals surface area contributed by atoms with Crippen LogP contribution in [0.15, 0.2) is 36.4 Å². The molecular formula is C17H15Cl2N3O3. The summed E-state index contributed by atoms with van der Waals surface area (Å²) in [6, 6.07) is 9.56.